The van der Waals surface area contributed by atoms with Crippen molar-refractivity contribution in [2.75, 3.05) is 26.8 Å². The number of aromatic nitrogens is 3. The topological polar surface area (TPSA) is 52.0 Å². The number of piperidine rings is 1. The Morgan fingerprint density at radius 2 is 2.45 bits per heavy atom. The van der Waals surface area contributed by atoms with Crippen LogP contribution in [-0.2, 0) is 11.3 Å². The number of methoxy groups -OCH3 is 1. The second-order valence-electron chi connectivity index (χ2n) is 5.36. The molecule has 108 valence electrons. The predicted octanol–water partition coefficient (Wildman–Crippen LogP) is 1.93. The number of ether oxygens (including phenoxy) is 1. The molecule has 3 heterocycles. The third kappa shape index (κ3) is 2.69. The summed E-state index contributed by atoms with van der Waals surface area (Å²) >= 11 is 0. The molecular formula is C15H22N4O. The molecule has 0 amide bonds. The van der Waals surface area contributed by atoms with Gasteiger partial charge in [-0.05, 0) is 37.9 Å². The van der Waals surface area contributed by atoms with E-state index >= 15 is 0 Å². The number of fused-ring (bicyclic) bond motifs is 1. The number of imidazole rings is 1. The normalized spacial score (nSPS) is 19.6. The minimum Gasteiger partial charge on any atom is -0.385 e. The molecule has 1 unspecified atom stereocenters. The average Bonchev–Trinajstić information content (AvgIpc) is 2.87. The molecule has 3 rings (SSSR count). The van der Waals surface area contributed by atoms with Gasteiger partial charge >= 0.3 is 0 Å². The molecule has 20 heavy (non-hydrogen) atoms. The number of nitrogens with one attached hydrogen (secondary N) is 1. The SMILES string of the molecule is COCCCn1c(C2CCCNC2)nc2cccnc21. The van der Waals surface area contributed by atoms with E-state index in [1.807, 2.05) is 12.3 Å². The van der Waals surface area contributed by atoms with E-state index in [0.29, 0.717) is 5.92 Å². The van der Waals surface area contributed by atoms with Crippen molar-refractivity contribution in [3.63, 3.8) is 0 Å². The summed E-state index contributed by atoms with van der Waals surface area (Å²) in [7, 11) is 1.75. The van der Waals surface area contributed by atoms with Crippen LogP contribution in [0.3, 0.4) is 0 Å². The zero-order chi connectivity index (χ0) is 13.8. The first kappa shape index (κ1) is 13.5. The van der Waals surface area contributed by atoms with Crippen molar-refractivity contribution < 1.29 is 4.74 Å². The number of rotatable bonds is 5. The first-order valence-corrected chi connectivity index (χ1v) is 7.41. The van der Waals surface area contributed by atoms with Gasteiger partial charge in [-0.1, -0.05) is 0 Å². The maximum absolute atomic E-state index is 5.17. The second kappa shape index (κ2) is 6.33. The van der Waals surface area contributed by atoms with Gasteiger partial charge in [0.25, 0.3) is 0 Å². The highest BCUT2D eigenvalue weighted by Crippen LogP contribution is 2.26. The molecule has 0 aliphatic carbocycles. The molecule has 0 bridgehead atoms. The summed E-state index contributed by atoms with van der Waals surface area (Å²) in [6, 6.07) is 4.01. The number of aryl methyl sites for hydroxylation is 1. The molecule has 5 nitrogen and oxygen atoms in total. The van der Waals surface area contributed by atoms with Crippen LogP contribution in [0.2, 0.25) is 0 Å². The minimum atomic E-state index is 0.500. The predicted molar refractivity (Wildman–Crippen MR) is 78.9 cm³/mol. The van der Waals surface area contributed by atoms with Crippen molar-refractivity contribution in [1.29, 1.82) is 0 Å². The molecule has 0 saturated carbocycles. The molecule has 1 saturated heterocycles. The van der Waals surface area contributed by atoms with Crippen molar-refractivity contribution in [2.24, 2.45) is 0 Å². The van der Waals surface area contributed by atoms with Gasteiger partial charge in [0.05, 0.1) is 0 Å². The fourth-order valence-corrected chi connectivity index (χ4v) is 2.95. The molecule has 0 spiro atoms. The maximum Gasteiger partial charge on any atom is 0.159 e. The fraction of sp³-hybridized carbons (Fsp3) is 0.600. The summed E-state index contributed by atoms with van der Waals surface area (Å²) in [5.41, 5.74) is 2.01. The van der Waals surface area contributed by atoms with Gasteiger partial charge in [0.2, 0.25) is 0 Å². The molecule has 2 aromatic rings. The molecule has 1 N–H and O–H groups in total. The van der Waals surface area contributed by atoms with E-state index in [1.54, 1.807) is 7.11 Å². The van der Waals surface area contributed by atoms with Gasteiger partial charge in [-0.3, -0.25) is 0 Å². The van der Waals surface area contributed by atoms with E-state index in [4.69, 9.17) is 9.72 Å². The number of pyridine rings is 1. The summed E-state index contributed by atoms with van der Waals surface area (Å²) in [5, 5.41) is 3.47. The first-order valence-electron chi connectivity index (χ1n) is 7.41. The average molecular weight is 274 g/mol. The van der Waals surface area contributed by atoms with Crippen molar-refractivity contribution in [1.82, 2.24) is 19.9 Å². The van der Waals surface area contributed by atoms with Crippen LogP contribution in [0.1, 0.15) is 31.0 Å². The lowest BCUT2D eigenvalue weighted by atomic mass is 9.99. The Morgan fingerprint density at radius 1 is 1.50 bits per heavy atom. The molecule has 1 aliphatic heterocycles. The van der Waals surface area contributed by atoms with Crippen molar-refractivity contribution >= 4 is 11.2 Å². The fourth-order valence-electron chi connectivity index (χ4n) is 2.95. The highest BCUT2D eigenvalue weighted by Gasteiger charge is 2.22. The van der Waals surface area contributed by atoms with Gasteiger partial charge < -0.3 is 14.6 Å². The minimum absolute atomic E-state index is 0.500. The summed E-state index contributed by atoms with van der Waals surface area (Å²) < 4.78 is 7.45. The standard InChI is InChI=1S/C15H22N4O/c1-20-10-4-9-19-14(12-5-2-7-16-11-12)18-13-6-3-8-17-15(13)19/h3,6,8,12,16H,2,4-5,7,9-11H2,1H3. The van der Waals surface area contributed by atoms with E-state index in [1.165, 1.54) is 18.7 Å². The Morgan fingerprint density at radius 3 is 3.25 bits per heavy atom. The van der Waals surface area contributed by atoms with Gasteiger partial charge in [0, 0.05) is 38.9 Å². The molecular weight excluding hydrogens is 252 g/mol. The second-order valence-corrected chi connectivity index (χ2v) is 5.36. The van der Waals surface area contributed by atoms with E-state index in [2.05, 4.69) is 20.9 Å². The van der Waals surface area contributed by atoms with Crippen LogP contribution in [0.5, 0.6) is 0 Å². The van der Waals surface area contributed by atoms with Gasteiger partial charge in [-0.2, -0.15) is 0 Å². The maximum atomic E-state index is 5.17. The summed E-state index contributed by atoms with van der Waals surface area (Å²) in [6.45, 7) is 3.84. The van der Waals surface area contributed by atoms with Gasteiger partial charge in [0.15, 0.2) is 5.65 Å². The number of hydrogen-bond donors (Lipinski definition) is 1. The zero-order valence-electron chi connectivity index (χ0n) is 12.0. The van der Waals surface area contributed by atoms with E-state index in [9.17, 15) is 0 Å². The van der Waals surface area contributed by atoms with E-state index < -0.39 is 0 Å². The van der Waals surface area contributed by atoms with Crippen molar-refractivity contribution in [2.45, 2.75) is 31.7 Å². The van der Waals surface area contributed by atoms with Gasteiger partial charge in [-0.15, -0.1) is 0 Å². The Bertz CT molecular complexity index is 560. The number of nitrogens with zero attached hydrogens (tertiary/aromatic N) is 3. The van der Waals surface area contributed by atoms with Crippen molar-refractivity contribution in [3.05, 3.63) is 24.2 Å². The van der Waals surface area contributed by atoms with Crippen LogP contribution in [-0.4, -0.2) is 41.3 Å². The first-order chi connectivity index (χ1) is 9.90. The monoisotopic (exact) mass is 274 g/mol. The third-order valence-corrected chi connectivity index (χ3v) is 3.93. The van der Waals surface area contributed by atoms with Crippen molar-refractivity contribution in [3.8, 4) is 0 Å². The van der Waals surface area contributed by atoms with E-state index in [0.717, 1.165) is 43.8 Å². The Kier molecular flexibility index (Phi) is 4.28. The largest absolute Gasteiger partial charge is 0.385 e. The van der Waals surface area contributed by atoms with Crippen LogP contribution in [0.25, 0.3) is 11.2 Å². The summed E-state index contributed by atoms with van der Waals surface area (Å²) in [4.78, 5) is 9.35. The molecule has 1 fully saturated rings. The van der Waals surface area contributed by atoms with Crippen LogP contribution in [0, 0.1) is 0 Å². The summed E-state index contributed by atoms with van der Waals surface area (Å²) in [5.74, 6) is 1.68. The van der Waals surface area contributed by atoms with Gasteiger partial charge in [0.1, 0.15) is 11.3 Å². The highest BCUT2D eigenvalue weighted by molar-refractivity contribution is 5.71. The lowest BCUT2D eigenvalue weighted by molar-refractivity contribution is 0.190. The Labute approximate surface area is 119 Å². The number of hydrogen-bond acceptors (Lipinski definition) is 4. The smallest absolute Gasteiger partial charge is 0.159 e. The highest BCUT2D eigenvalue weighted by atomic mass is 16.5. The molecule has 0 aromatic carbocycles. The quantitative estimate of drug-likeness (QED) is 0.847. The molecule has 1 atom stereocenters. The third-order valence-electron chi connectivity index (χ3n) is 3.93. The molecule has 2 aromatic heterocycles. The zero-order valence-corrected chi connectivity index (χ0v) is 12.0. The lowest BCUT2D eigenvalue weighted by Gasteiger charge is -2.23. The summed E-state index contributed by atoms with van der Waals surface area (Å²) in [6.07, 6.45) is 5.27. The lowest BCUT2D eigenvalue weighted by Crippen LogP contribution is -2.30. The molecule has 5 heteroatoms. The Balaban J connectivity index is 1.93. The molecule has 0 radical (unpaired) electrons. The molecule has 1 aliphatic rings. The van der Waals surface area contributed by atoms with Crippen LogP contribution in [0.15, 0.2) is 18.3 Å². The van der Waals surface area contributed by atoms with Crippen LogP contribution < -0.4 is 5.32 Å². The van der Waals surface area contributed by atoms with Crippen LogP contribution >= 0.6 is 0 Å². The van der Waals surface area contributed by atoms with Gasteiger partial charge in [-0.25, -0.2) is 9.97 Å². The Hall–Kier alpha value is -1.46. The van der Waals surface area contributed by atoms with Crippen LogP contribution in [0.4, 0.5) is 0 Å². The van der Waals surface area contributed by atoms with E-state index in [-0.39, 0.29) is 0 Å².